The molecule has 0 radical (unpaired) electrons. The lowest BCUT2D eigenvalue weighted by Gasteiger charge is -2.08. The summed E-state index contributed by atoms with van der Waals surface area (Å²) in [4.78, 5) is 12.0. The maximum Gasteiger partial charge on any atom is 0.241 e. The maximum absolute atomic E-state index is 12.1. The molecule has 0 aromatic heterocycles. The standard InChI is InChI=1S/C16H17BrN2O3S/c1-2-12-3-7-14(8-4-12)19-16(20)11-18-23(21,22)15-9-5-13(17)6-10-15/h3-10,18H,2,11H2,1H3,(H,19,20). The average Bonchev–Trinajstić information content (AvgIpc) is 2.54. The van der Waals surface area contributed by atoms with Gasteiger partial charge in [0.05, 0.1) is 11.4 Å². The fourth-order valence-electron chi connectivity index (χ4n) is 1.89. The third kappa shape index (κ3) is 5.16. The van der Waals surface area contributed by atoms with Crippen LogP contribution in [0.4, 0.5) is 5.69 Å². The van der Waals surface area contributed by atoms with Crippen molar-refractivity contribution in [2.45, 2.75) is 18.2 Å². The number of hydrogen-bond acceptors (Lipinski definition) is 3. The Morgan fingerprint density at radius 1 is 1.04 bits per heavy atom. The number of hydrogen-bond donors (Lipinski definition) is 2. The van der Waals surface area contributed by atoms with Gasteiger partial charge in [-0.3, -0.25) is 4.79 Å². The zero-order chi connectivity index (χ0) is 16.9. The molecule has 23 heavy (non-hydrogen) atoms. The summed E-state index contributed by atoms with van der Waals surface area (Å²) in [6.45, 7) is 1.72. The molecule has 0 aliphatic rings. The van der Waals surface area contributed by atoms with Crippen LogP contribution in [0.2, 0.25) is 0 Å². The molecule has 0 unspecified atom stereocenters. The molecule has 2 rings (SSSR count). The van der Waals surface area contributed by atoms with Crippen LogP contribution in [-0.4, -0.2) is 20.9 Å². The van der Waals surface area contributed by atoms with E-state index in [4.69, 9.17) is 0 Å². The molecular formula is C16H17BrN2O3S. The normalized spacial score (nSPS) is 11.2. The van der Waals surface area contributed by atoms with Gasteiger partial charge in [0.1, 0.15) is 0 Å². The maximum atomic E-state index is 12.1. The van der Waals surface area contributed by atoms with Gasteiger partial charge in [0.2, 0.25) is 15.9 Å². The topological polar surface area (TPSA) is 75.3 Å². The van der Waals surface area contributed by atoms with Gasteiger partial charge < -0.3 is 5.32 Å². The second kappa shape index (κ2) is 7.72. The van der Waals surface area contributed by atoms with Crippen molar-refractivity contribution in [1.29, 1.82) is 0 Å². The highest BCUT2D eigenvalue weighted by Crippen LogP contribution is 2.14. The molecule has 0 aliphatic heterocycles. The summed E-state index contributed by atoms with van der Waals surface area (Å²) in [6.07, 6.45) is 0.918. The zero-order valence-corrected chi connectivity index (χ0v) is 14.9. The third-order valence-electron chi connectivity index (χ3n) is 3.19. The lowest BCUT2D eigenvalue weighted by atomic mass is 10.1. The molecule has 1 amide bonds. The van der Waals surface area contributed by atoms with E-state index < -0.39 is 15.9 Å². The van der Waals surface area contributed by atoms with Crippen LogP contribution in [0, 0.1) is 0 Å². The van der Waals surface area contributed by atoms with Crippen LogP contribution in [0.3, 0.4) is 0 Å². The minimum atomic E-state index is -3.71. The van der Waals surface area contributed by atoms with E-state index in [-0.39, 0.29) is 11.4 Å². The zero-order valence-electron chi connectivity index (χ0n) is 12.5. The Morgan fingerprint density at radius 2 is 1.65 bits per heavy atom. The Hall–Kier alpha value is -1.70. The Morgan fingerprint density at radius 3 is 2.22 bits per heavy atom. The first-order valence-corrected chi connectivity index (χ1v) is 9.32. The average molecular weight is 397 g/mol. The summed E-state index contributed by atoms with van der Waals surface area (Å²) >= 11 is 3.24. The summed E-state index contributed by atoms with van der Waals surface area (Å²) in [6, 6.07) is 13.6. The van der Waals surface area contributed by atoms with E-state index in [0.717, 1.165) is 10.9 Å². The predicted octanol–water partition coefficient (Wildman–Crippen LogP) is 2.93. The van der Waals surface area contributed by atoms with Gasteiger partial charge in [0, 0.05) is 10.2 Å². The van der Waals surface area contributed by atoms with Gasteiger partial charge in [-0.05, 0) is 48.4 Å². The summed E-state index contributed by atoms with van der Waals surface area (Å²) < 4.78 is 27.2. The highest BCUT2D eigenvalue weighted by Gasteiger charge is 2.15. The van der Waals surface area contributed by atoms with E-state index >= 15 is 0 Å². The first-order valence-electron chi connectivity index (χ1n) is 7.05. The number of carbonyl (C=O) groups excluding carboxylic acids is 1. The second-order valence-electron chi connectivity index (χ2n) is 4.88. The lowest BCUT2D eigenvalue weighted by molar-refractivity contribution is -0.115. The van der Waals surface area contributed by atoms with Crippen LogP contribution in [0.1, 0.15) is 12.5 Å². The Kier molecular flexibility index (Phi) is 5.92. The fraction of sp³-hybridized carbons (Fsp3) is 0.188. The van der Waals surface area contributed by atoms with Gasteiger partial charge in [0.15, 0.2) is 0 Å². The number of benzene rings is 2. The lowest BCUT2D eigenvalue weighted by Crippen LogP contribution is -2.32. The molecule has 2 N–H and O–H groups in total. The van der Waals surface area contributed by atoms with Gasteiger partial charge >= 0.3 is 0 Å². The Labute approximate surface area is 144 Å². The SMILES string of the molecule is CCc1ccc(NC(=O)CNS(=O)(=O)c2ccc(Br)cc2)cc1. The molecular weight excluding hydrogens is 380 g/mol. The van der Waals surface area contributed by atoms with Crippen LogP contribution in [0.15, 0.2) is 57.9 Å². The van der Waals surface area contributed by atoms with Crippen molar-refractivity contribution in [3.63, 3.8) is 0 Å². The number of rotatable bonds is 6. The van der Waals surface area contributed by atoms with Crippen LogP contribution in [0.25, 0.3) is 0 Å². The molecule has 5 nitrogen and oxygen atoms in total. The number of sulfonamides is 1. The number of anilines is 1. The van der Waals surface area contributed by atoms with E-state index in [1.165, 1.54) is 17.7 Å². The Balaban J connectivity index is 1.93. The van der Waals surface area contributed by atoms with Crippen molar-refractivity contribution in [1.82, 2.24) is 4.72 Å². The first-order chi connectivity index (χ1) is 10.9. The van der Waals surface area contributed by atoms with Gasteiger partial charge in [-0.1, -0.05) is 35.0 Å². The predicted molar refractivity (Wildman–Crippen MR) is 93.8 cm³/mol. The van der Waals surface area contributed by atoms with Crippen molar-refractivity contribution in [2.24, 2.45) is 0 Å². The van der Waals surface area contributed by atoms with Gasteiger partial charge in [-0.15, -0.1) is 0 Å². The number of aryl methyl sites for hydroxylation is 1. The van der Waals surface area contributed by atoms with E-state index in [1.807, 2.05) is 19.1 Å². The second-order valence-corrected chi connectivity index (χ2v) is 7.56. The van der Waals surface area contributed by atoms with E-state index in [0.29, 0.717) is 5.69 Å². The molecule has 0 heterocycles. The summed E-state index contributed by atoms with van der Waals surface area (Å²) in [5.41, 5.74) is 1.80. The van der Waals surface area contributed by atoms with Gasteiger partial charge in [-0.25, -0.2) is 13.1 Å². The number of amides is 1. The number of carbonyl (C=O) groups is 1. The molecule has 2 aromatic rings. The molecule has 0 saturated carbocycles. The molecule has 0 spiro atoms. The van der Waals surface area contributed by atoms with E-state index in [2.05, 4.69) is 26.0 Å². The van der Waals surface area contributed by atoms with Crippen molar-refractivity contribution < 1.29 is 13.2 Å². The quantitative estimate of drug-likeness (QED) is 0.787. The van der Waals surface area contributed by atoms with Crippen molar-refractivity contribution in [3.05, 3.63) is 58.6 Å². The third-order valence-corrected chi connectivity index (χ3v) is 5.14. The summed E-state index contributed by atoms with van der Waals surface area (Å²) in [5.74, 6) is -0.421. The largest absolute Gasteiger partial charge is 0.325 e. The van der Waals surface area contributed by atoms with Crippen molar-refractivity contribution >= 4 is 37.5 Å². The highest BCUT2D eigenvalue weighted by atomic mass is 79.9. The highest BCUT2D eigenvalue weighted by molar-refractivity contribution is 9.10. The minimum Gasteiger partial charge on any atom is -0.325 e. The summed E-state index contributed by atoms with van der Waals surface area (Å²) in [7, 11) is -3.71. The Bertz CT molecular complexity index is 772. The molecule has 0 aliphatic carbocycles. The van der Waals surface area contributed by atoms with Crippen LogP contribution >= 0.6 is 15.9 Å². The molecule has 0 fully saturated rings. The van der Waals surface area contributed by atoms with Crippen LogP contribution in [0.5, 0.6) is 0 Å². The van der Waals surface area contributed by atoms with Gasteiger partial charge in [-0.2, -0.15) is 0 Å². The molecule has 122 valence electrons. The minimum absolute atomic E-state index is 0.112. The van der Waals surface area contributed by atoms with E-state index in [9.17, 15) is 13.2 Å². The molecule has 0 bridgehead atoms. The van der Waals surface area contributed by atoms with Crippen LogP contribution < -0.4 is 10.0 Å². The molecule has 0 saturated heterocycles. The van der Waals surface area contributed by atoms with E-state index in [1.54, 1.807) is 24.3 Å². The fourth-order valence-corrected chi connectivity index (χ4v) is 3.13. The first kappa shape index (κ1) is 17.7. The number of nitrogens with one attached hydrogen (secondary N) is 2. The number of halogens is 1. The van der Waals surface area contributed by atoms with Crippen molar-refractivity contribution in [3.8, 4) is 0 Å². The van der Waals surface area contributed by atoms with Crippen molar-refractivity contribution in [2.75, 3.05) is 11.9 Å². The summed E-state index contributed by atoms with van der Waals surface area (Å²) in [5, 5.41) is 2.65. The smallest absolute Gasteiger partial charge is 0.241 e. The molecule has 0 atom stereocenters. The van der Waals surface area contributed by atoms with Gasteiger partial charge in [0.25, 0.3) is 0 Å². The molecule has 7 heteroatoms. The monoisotopic (exact) mass is 396 g/mol. The molecule has 2 aromatic carbocycles. The van der Waals surface area contributed by atoms with Crippen LogP contribution in [-0.2, 0) is 21.2 Å².